The van der Waals surface area contributed by atoms with Gasteiger partial charge in [0.1, 0.15) is 0 Å². The minimum atomic E-state index is -0.859. The van der Waals surface area contributed by atoms with Crippen LogP contribution in [0, 0.1) is 12.8 Å². The van der Waals surface area contributed by atoms with E-state index in [1.807, 2.05) is 49.4 Å². The third kappa shape index (κ3) is 3.08. The number of halogens is 1. The molecule has 124 valence electrons. The highest BCUT2D eigenvalue weighted by Gasteiger charge is 2.40. The van der Waals surface area contributed by atoms with Crippen molar-refractivity contribution >= 4 is 27.8 Å². The molecule has 0 aliphatic carbocycles. The van der Waals surface area contributed by atoms with Gasteiger partial charge in [0.25, 0.3) is 5.91 Å². The van der Waals surface area contributed by atoms with Crippen LogP contribution in [0.25, 0.3) is 0 Å². The standard InChI is InChI=1S/C19H18BrNO3/c1-12-6-5-9-14(17(12)20)18(22)21-10-15(16(11-21)19(23)24)13-7-3-2-4-8-13/h2-9,15-16H,10-11H2,1H3,(H,23,24)/t15-,16-/m0/s1. The number of carbonyl (C=O) groups is 2. The first-order chi connectivity index (χ1) is 11.5. The molecule has 1 fully saturated rings. The van der Waals surface area contributed by atoms with Crippen molar-refractivity contribution in [3.05, 3.63) is 69.7 Å². The summed E-state index contributed by atoms with van der Waals surface area (Å²) in [5.41, 5.74) is 2.52. The highest BCUT2D eigenvalue weighted by molar-refractivity contribution is 9.10. The maximum atomic E-state index is 12.9. The summed E-state index contributed by atoms with van der Waals surface area (Å²) in [6.45, 7) is 2.58. The Labute approximate surface area is 149 Å². The Hall–Kier alpha value is -2.14. The van der Waals surface area contributed by atoms with Crippen LogP contribution in [0.2, 0.25) is 0 Å². The number of aliphatic carboxylic acids is 1. The fourth-order valence-electron chi connectivity index (χ4n) is 3.24. The SMILES string of the molecule is Cc1cccc(C(=O)N2C[C@H](C(=O)O)[C@H](c3ccccc3)C2)c1Br. The van der Waals surface area contributed by atoms with Crippen molar-refractivity contribution in [2.75, 3.05) is 13.1 Å². The third-order valence-electron chi connectivity index (χ3n) is 4.57. The molecule has 1 aliphatic rings. The number of rotatable bonds is 3. The van der Waals surface area contributed by atoms with Crippen LogP contribution in [0.5, 0.6) is 0 Å². The summed E-state index contributed by atoms with van der Waals surface area (Å²) in [6, 6.07) is 15.1. The zero-order valence-corrected chi connectivity index (χ0v) is 14.9. The molecule has 1 saturated heterocycles. The first-order valence-electron chi connectivity index (χ1n) is 7.81. The van der Waals surface area contributed by atoms with Gasteiger partial charge in [-0.05, 0) is 40.0 Å². The predicted octanol–water partition coefficient (Wildman–Crippen LogP) is 3.70. The number of hydrogen-bond donors (Lipinski definition) is 1. The Balaban J connectivity index is 1.89. The van der Waals surface area contributed by atoms with Gasteiger partial charge in [-0.1, -0.05) is 42.5 Å². The summed E-state index contributed by atoms with van der Waals surface area (Å²) in [4.78, 5) is 26.2. The molecule has 2 aromatic rings. The van der Waals surface area contributed by atoms with E-state index in [0.717, 1.165) is 15.6 Å². The lowest BCUT2D eigenvalue weighted by Gasteiger charge is -2.18. The van der Waals surface area contributed by atoms with Gasteiger partial charge < -0.3 is 10.0 Å². The molecule has 2 atom stereocenters. The van der Waals surface area contributed by atoms with Crippen molar-refractivity contribution in [1.29, 1.82) is 0 Å². The highest BCUT2D eigenvalue weighted by atomic mass is 79.9. The van der Waals surface area contributed by atoms with Crippen LogP contribution in [-0.4, -0.2) is 35.0 Å². The number of aryl methyl sites for hydroxylation is 1. The number of benzene rings is 2. The van der Waals surface area contributed by atoms with Crippen LogP contribution in [0.4, 0.5) is 0 Å². The van der Waals surface area contributed by atoms with Gasteiger partial charge in [-0.25, -0.2) is 0 Å². The summed E-state index contributed by atoms with van der Waals surface area (Å²) < 4.78 is 0.769. The molecule has 0 spiro atoms. The molecule has 3 rings (SSSR count). The van der Waals surface area contributed by atoms with Crippen LogP contribution in [0.15, 0.2) is 53.0 Å². The van der Waals surface area contributed by atoms with E-state index in [9.17, 15) is 14.7 Å². The lowest BCUT2D eigenvalue weighted by molar-refractivity contribution is -0.141. The molecule has 0 saturated carbocycles. The van der Waals surface area contributed by atoms with E-state index < -0.39 is 11.9 Å². The van der Waals surface area contributed by atoms with E-state index in [4.69, 9.17) is 0 Å². The summed E-state index contributed by atoms with van der Waals surface area (Å²) in [6.07, 6.45) is 0. The number of carboxylic acid groups (broad SMARTS) is 1. The molecule has 0 unspecified atom stereocenters. The van der Waals surface area contributed by atoms with Crippen LogP contribution >= 0.6 is 15.9 Å². The van der Waals surface area contributed by atoms with Crippen molar-refractivity contribution in [1.82, 2.24) is 4.90 Å². The van der Waals surface area contributed by atoms with E-state index in [2.05, 4.69) is 15.9 Å². The van der Waals surface area contributed by atoms with Crippen molar-refractivity contribution in [3.8, 4) is 0 Å². The average molecular weight is 388 g/mol. The topological polar surface area (TPSA) is 57.6 Å². The maximum Gasteiger partial charge on any atom is 0.308 e. The van der Waals surface area contributed by atoms with E-state index in [1.54, 1.807) is 11.0 Å². The third-order valence-corrected chi connectivity index (χ3v) is 5.63. The Morgan fingerprint density at radius 3 is 2.46 bits per heavy atom. The molecule has 1 N–H and O–H groups in total. The van der Waals surface area contributed by atoms with Crippen molar-refractivity contribution in [2.45, 2.75) is 12.8 Å². The fourth-order valence-corrected chi connectivity index (χ4v) is 3.67. The maximum absolute atomic E-state index is 12.9. The van der Waals surface area contributed by atoms with E-state index in [1.165, 1.54) is 0 Å². The van der Waals surface area contributed by atoms with E-state index in [-0.39, 0.29) is 18.4 Å². The second-order valence-corrected chi connectivity index (χ2v) is 6.90. The molecule has 0 aromatic heterocycles. The zero-order chi connectivity index (χ0) is 17.3. The average Bonchev–Trinajstić information content (AvgIpc) is 3.03. The summed E-state index contributed by atoms with van der Waals surface area (Å²) >= 11 is 3.47. The van der Waals surface area contributed by atoms with Crippen LogP contribution < -0.4 is 0 Å². The molecular weight excluding hydrogens is 370 g/mol. The Kier molecular flexibility index (Phi) is 4.71. The number of amides is 1. The van der Waals surface area contributed by atoms with Crippen LogP contribution in [0.1, 0.15) is 27.4 Å². The second kappa shape index (κ2) is 6.77. The predicted molar refractivity (Wildman–Crippen MR) is 95.1 cm³/mol. The van der Waals surface area contributed by atoms with Gasteiger partial charge >= 0.3 is 5.97 Å². The number of carboxylic acids is 1. The smallest absolute Gasteiger partial charge is 0.308 e. The first kappa shape index (κ1) is 16.7. The lowest BCUT2D eigenvalue weighted by atomic mass is 9.89. The Morgan fingerprint density at radius 2 is 1.79 bits per heavy atom. The molecule has 1 amide bonds. The summed E-state index contributed by atoms with van der Waals surface area (Å²) in [7, 11) is 0. The molecule has 0 bridgehead atoms. The highest BCUT2D eigenvalue weighted by Crippen LogP contribution is 2.34. The Morgan fingerprint density at radius 1 is 1.08 bits per heavy atom. The molecule has 0 radical (unpaired) electrons. The van der Waals surface area contributed by atoms with Crippen LogP contribution in [0.3, 0.4) is 0 Å². The van der Waals surface area contributed by atoms with Gasteiger partial charge in [0.2, 0.25) is 0 Å². The summed E-state index contributed by atoms with van der Waals surface area (Å²) in [5.74, 6) is -1.76. The minimum absolute atomic E-state index is 0.129. The molecule has 24 heavy (non-hydrogen) atoms. The minimum Gasteiger partial charge on any atom is -0.481 e. The number of nitrogens with zero attached hydrogens (tertiary/aromatic N) is 1. The van der Waals surface area contributed by atoms with Gasteiger partial charge in [-0.15, -0.1) is 0 Å². The van der Waals surface area contributed by atoms with Gasteiger partial charge in [-0.3, -0.25) is 9.59 Å². The van der Waals surface area contributed by atoms with Gasteiger partial charge in [0.15, 0.2) is 0 Å². The van der Waals surface area contributed by atoms with Crippen LogP contribution in [-0.2, 0) is 4.79 Å². The quantitative estimate of drug-likeness (QED) is 0.873. The number of likely N-dealkylation sites (tertiary alicyclic amines) is 1. The molecule has 2 aromatic carbocycles. The Bertz CT molecular complexity index is 775. The first-order valence-corrected chi connectivity index (χ1v) is 8.60. The second-order valence-electron chi connectivity index (χ2n) is 6.11. The molecule has 4 nitrogen and oxygen atoms in total. The molecule has 5 heteroatoms. The molecular formula is C19H18BrNO3. The van der Waals surface area contributed by atoms with Crippen molar-refractivity contribution in [2.24, 2.45) is 5.92 Å². The van der Waals surface area contributed by atoms with Gasteiger partial charge in [0.05, 0.1) is 11.5 Å². The zero-order valence-electron chi connectivity index (χ0n) is 13.3. The fraction of sp³-hybridized carbons (Fsp3) is 0.263. The van der Waals surface area contributed by atoms with Gasteiger partial charge in [-0.2, -0.15) is 0 Å². The number of hydrogen-bond acceptors (Lipinski definition) is 2. The monoisotopic (exact) mass is 387 g/mol. The molecule has 1 heterocycles. The normalized spacial score (nSPS) is 20.2. The van der Waals surface area contributed by atoms with E-state index in [0.29, 0.717) is 12.1 Å². The van der Waals surface area contributed by atoms with Crippen molar-refractivity contribution < 1.29 is 14.7 Å². The summed E-state index contributed by atoms with van der Waals surface area (Å²) in [5, 5.41) is 9.57. The largest absolute Gasteiger partial charge is 0.481 e. The molecule has 1 aliphatic heterocycles. The van der Waals surface area contributed by atoms with E-state index >= 15 is 0 Å². The van der Waals surface area contributed by atoms with Gasteiger partial charge in [0, 0.05) is 23.5 Å². The lowest BCUT2D eigenvalue weighted by Crippen LogP contribution is -2.30. The number of carbonyl (C=O) groups excluding carboxylic acids is 1. The van der Waals surface area contributed by atoms with Crippen molar-refractivity contribution in [3.63, 3.8) is 0 Å².